The van der Waals surface area contributed by atoms with E-state index in [1.807, 2.05) is 24.3 Å². The second-order valence-corrected chi connectivity index (χ2v) is 6.67. The fourth-order valence-electron chi connectivity index (χ4n) is 3.28. The second-order valence-electron chi connectivity index (χ2n) is 6.67. The van der Waals surface area contributed by atoms with Crippen molar-refractivity contribution >= 4 is 22.8 Å². The largest absolute Gasteiger partial charge is 0.353 e. The molecule has 1 aliphatic heterocycles. The summed E-state index contributed by atoms with van der Waals surface area (Å²) >= 11 is 0. The molecule has 126 valence electrons. The quantitative estimate of drug-likeness (QED) is 0.907. The number of para-hydroxylation sites is 2. The van der Waals surface area contributed by atoms with Gasteiger partial charge in [-0.25, -0.2) is 4.98 Å². The Morgan fingerprint density at radius 2 is 1.96 bits per heavy atom. The lowest BCUT2D eigenvalue weighted by Crippen LogP contribution is -2.33. The Morgan fingerprint density at radius 1 is 1.21 bits per heavy atom. The number of aryl methyl sites for hydroxylation is 1. The SMILES string of the molecule is O=C(CCn1c(=O)c(N2CCCC2)nc2ccccc21)NC1CC1. The van der Waals surface area contributed by atoms with Crippen LogP contribution in [0.2, 0.25) is 0 Å². The first-order chi connectivity index (χ1) is 11.7. The Kier molecular flexibility index (Phi) is 3.96. The normalized spacial score (nSPS) is 17.4. The monoisotopic (exact) mass is 326 g/mol. The van der Waals surface area contributed by atoms with Crippen molar-refractivity contribution in [3.05, 3.63) is 34.6 Å². The summed E-state index contributed by atoms with van der Waals surface area (Å²) in [6.07, 6.45) is 4.66. The summed E-state index contributed by atoms with van der Waals surface area (Å²) < 4.78 is 1.71. The molecule has 1 saturated carbocycles. The standard InChI is InChI=1S/C18H22N4O2/c23-16(19-13-7-8-13)9-12-22-15-6-2-1-5-14(15)20-17(18(22)24)21-10-3-4-11-21/h1-2,5-6,13H,3-4,7-12H2,(H,19,23). The van der Waals surface area contributed by atoms with E-state index in [9.17, 15) is 9.59 Å². The summed E-state index contributed by atoms with van der Waals surface area (Å²) in [6.45, 7) is 2.15. The van der Waals surface area contributed by atoms with E-state index in [0.29, 0.717) is 24.8 Å². The average Bonchev–Trinajstić information content (AvgIpc) is 3.23. The molecule has 1 saturated heterocycles. The summed E-state index contributed by atoms with van der Waals surface area (Å²) in [7, 11) is 0. The molecular formula is C18H22N4O2. The second kappa shape index (κ2) is 6.26. The minimum atomic E-state index is -0.0881. The van der Waals surface area contributed by atoms with Crippen LogP contribution in [-0.4, -0.2) is 34.6 Å². The maximum absolute atomic E-state index is 12.9. The highest BCUT2D eigenvalue weighted by Crippen LogP contribution is 2.20. The summed E-state index contributed by atoms with van der Waals surface area (Å²) in [6, 6.07) is 8.01. The van der Waals surface area contributed by atoms with Crippen LogP contribution in [0.5, 0.6) is 0 Å². The molecule has 1 amide bonds. The van der Waals surface area contributed by atoms with Gasteiger partial charge in [0.15, 0.2) is 5.82 Å². The summed E-state index contributed by atoms with van der Waals surface area (Å²) in [4.78, 5) is 31.6. The lowest BCUT2D eigenvalue weighted by atomic mass is 10.2. The number of nitrogens with zero attached hydrogens (tertiary/aromatic N) is 3. The number of nitrogens with one attached hydrogen (secondary N) is 1. The number of fused-ring (bicyclic) bond motifs is 1. The van der Waals surface area contributed by atoms with Gasteiger partial charge >= 0.3 is 0 Å². The van der Waals surface area contributed by atoms with Crippen molar-refractivity contribution in [2.24, 2.45) is 0 Å². The summed E-state index contributed by atoms with van der Waals surface area (Å²) in [5.41, 5.74) is 1.51. The molecule has 6 heteroatoms. The van der Waals surface area contributed by atoms with E-state index in [2.05, 4.69) is 15.2 Å². The topological polar surface area (TPSA) is 67.2 Å². The van der Waals surface area contributed by atoms with Crippen molar-refractivity contribution < 1.29 is 4.79 Å². The summed E-state index contributed by atoms with van der Waals surface area (Å²) in [5.74, 6) is 0.543. The Hall–Kier alpha value is -2.37. The van der Waals surface area contributed by atoms with Crippen LogP contribution < -0.4 is 15.8 Å². The Bertz CT molecular complexity index is 819. The predicted molar refractivity (Wildman–Crippen MR) is 93.2 cm³/mol. The van der Waals surface area contributed by atoms with E-state index in [1.54, 1.807) is 4.57 Å². The molecule has 4 rings (SSSR count). The van der Waals surface area contributed by atoms with Gasteiger partial charge in [-0.2, -0.15) is 0 Å². The molecule has 2 aliphatic rings. The van der Waals surface area contributed by atoms with Gasteiger partial charge < -0.3 is 14.8 Å². The molecule has 0 spiro atoms. The minimum Gasteiger partial charge on any atom is -0.353 e. The molecule has 6 nitrogen and oxygen atoms in total. The van der Waals surface area contributed by atoms with Crippen molar-refractivity contribution in [2.45, 2.75) is 44.7 Å². The number of anilines is 1. The molecule has 2 fully saturated rings. The van der Waals surface area contributed by atoms with E-state index in [0.717, 1.165) is 49.8 Å². The molecule has 24 heavy (non-hydrogen) atoms. The zero-order valence-corrected chi connectivity index (χ0v) is 13.7. The molecule has 1 aliphatic carbocycles. The number of benzene rings is 1. The molecular weight excluding hydrogens is 304 g/mol. The molecule has 1 N–H and O–H groups in total. The number of hydrogen-bond acceptors (Lipinski definition) is 4. The van der Waals surface area contributed by atoms with Crippen LogP contribution >= 0.6 is 0 Å². The van der Waals surface area contributed by atoms with Crippen molar-refractivity contribution in [1.82, 2.24) is 14.9 Å². The smallest absolute Gasteiger partial charge is 0.294 e. The maximum Gasteiger partial charge on any atom is 0.294 e. The fourth-order valence-corrected chi connectivity index (χ4v) is 3.28. The number of hydrogen-bond donors (Lipinski definition) is 1. The first kappa shape index (κ1) is 15.2. The van der Waals surface area contributed by atoms with Gasteiger partial charge in [-0.05, 0) is 37.8 Å². The first-order valence-electron chi connectivity index (χ1n) is 8.76. The molecule has 2 aromatic rings. The zero-order chi connectivity index (χ0) is 16.5. The van der Waals surface area contributed by atoms with Crippen LogP contribution in [0, 0.1) is 0 Å². The molecule has 0 unspecified atom stereocenters. The van der Waals surface area contributed by atoms with Crippen LogP contribution in [0.1, 0.15) is 32.1 Å². The van der Waals surface area contributed by atoms with Gasteiger partial charge in [-0.1, -0.05) is 12.1 Å². The van der Waals surface area contributed by atoms with E-state index < -0.39 is 0 Å². The Balaban J connectivity index is 1.67. The first-order valence-corrected chi connectivity index (χ1v) is 8.76. The van der Waals surface area contributed by atoms with Gasteiger partial charge in [-0.3, -0.25) is 9.59 Å². The van der Waals surface area contributed by atoms with E-state index in [-0.39, 0.29) is 11.5 Å². The number of carbonyl (C=O) groups is 1. The molecule has 0 atom stereocenters. The van der Waals surface area contributed by atoms with Crippen molar-refractivity contribution in [1.29, 1.82) is 0 Å². The molecule has 0 radical (unpaired) electrons. The van der Waals surface area contributed by atoms with Crippen molar-refractivity contribution in [3.8, 4) is 0 Å². The highest BCUT2D eigenvalue weighted by atomic mass is 16.2. The highest BCUT2D eigenvalue weighted by molar-refractivity contribution is 5.78. The lowest BCUT2D eigenvalue weighted by molar-refractivity contribution is -0.121. The van der Waals surface area contributed by atoms with Crippen LogP contribution in [0.4, 0.5) is 5.82 Å². The van der Waals surface area contributed by atoms with Crippen molar-refractivity contribution in [3.63, 3.8) is 0 Å². The molecule has 0 bridgehead atoms. The molecule has 2 heterocycles. The Labute approximate surface area is 140 Å². The molecule has 1 aromatic carbocycles. The minimum absolute atomic E-state index is 0.0213. The zero-order valence-electron chi connectivity index (χ0n) is 13.7. The van der Waals surface area contributed by atoms with Gasteiger partial charge in [0.2, 0.25) is 5.91 Å². The van der Waals surface area contributed by atoms with Gasteiger partial charge in [0.05, 0.1) is 11.0 Å². The van der Waals surface area contributed by atoms with Crippen molar-refractivity contribution in [2.75, 3.05) is 18.0 Å². The molecule has 1 aromatic heterocycles. The maximum atomic E-state index is 12.9. The van der Waals surface area contributed by atoms with Crippen LogP contribution in [0.25, 0.3) is 11.0 Å². The fraction of sp³-hybridized carbons (Fsp3) is 0.500. The summed E-state index contributed by atoms with van der Waals surface area (Å²) in [5, 5.41) is 2.98. The predicted octanol–water partition coefficient (Wildman–Crippen LogP) is 1.67. The highest BCUT2D eigenvalue weighted by Gasteiger charge is 2.24. The van der Waals surface area contributed by atoms with Crippen LogP contribution in [0.15, 0.2) is 29.1 Å². The number of rotatable bonds is 5. The third kappa shape index (κ3) is 3.00. The van der Waals surface area contributed by atoms with E-state index >= 15 is 0 Å². The third-order valence-corrected chi connectivity index (χ3v) is 4.75. The number of amides is 1. The van der Waals surface area contributed by atoms with Gasteiger partial charge in [0.1, 0.15) is 0 Å². The number of carbonyl (C=O) groups excluding carboxylic acids is 1. The van der Waals surface area contributed by atoms with E-state index in [1.165, 1.54) is 0 Å². The Morgan fingerprint density at radius 3 is 2.71 bits per heavy atom. The lowest BCUT2D eigenvalue weighted by Gasteiger charge is -2.19. The van der Waals surface area contributed by atoms with Gasteiger partial charge in [0, 0.05) is 32.1 Å². The van der Waals surface area contributed by atoms with Crippen LogP contribution in [-0.2, 0) is 11.3 Å². The van der Waals surface area contributed by atoms with Gasteiger partial charge in [-0.15, -0.1) is 0 Å². The third-order valence-electron chi connectivity index (χ3n) is 4.75. The van der Waals surface area contributed by atoms with Gasteiger partial charge in [0.25, 0.3) is 5.56 Å². The van der Waals surface area contributed by atoms with E-state index in [4.69, 9.17) is 0 Å². The van der Waals surface area contributed by atoms with Crippen LogP contribution in [0.3, 0.4) is 0 Å². The number of aromatic nitrogens is 2. The average molecular weight is 326 g/mol.